The fourth-order valence-electron chi connectivity index (χ4n) is 2.51. The molecule has 2 aliphatic rings. The zero-order valence-corrected chi connectivity index (χ0v) is 10.2. The van der Waals surface area contributed by atoms with E-state index < -0.39 is 0 Å². The van der Waals surface area contributed by atoms with E-state index in [4.69, 9.17) is 4.74 Å². The quantitative estimate of drug-likeness (QED) is 0.797. The molecule has 0 spiro atoms. The first-order valence-corrected chi connectivity index (χ1v) is 6.22. The van der Waals surface area contributed by atoms with Crippen LogP contribution in [0.3, 0.4) is 0 Å². The molecule has 3 atom stereocenters. The van der Waals surface area contributed by atoms with Crippen molar-refractivity contribution < 1.29 is 4.74 Å². The summed E-state index contributed by atoms with van der Waals surface area (Å²) in [6, 6.07) is 0. The molecular weight excluding hydrogens is 307 g/mol. The third-order valence-corrected chi connectivity index (χ3v) is 4.00. The van der Waals surface area contributed by atoms with Crippen LogP contribution < -0.4 is 5.56 Å². The van der Waals surface area contributed by atoms with Crippen LogP contribution in [0.15, 0.2) is 11.0 Å². The van der Waals surface area contributed by atoms with Crippen molar-refractivity contribution in [3.05, 3.63) is 25.9 Å². The molecule has 3 heterocycles. The molecule has 3 unspecified atom stereocenters. The monoisotopic (exact) mass is 318 g/mol. The Bertz CT molecular complexity index is 445. The van der Waals surface area contributed by atoms with Crippen molar-refractivity contribution in [3.63, 3.8) is 0 Å². The van der Waals surface area contributed by atoms with E-state index in [0.29, 0.717) is 15.6 Å². The summed E-state index contributed by atoms with van der Waals surface area (Å²) in [5.74, 6) is 1.10. The van der Waals surface area contributed by atoms with Gasteiger partial charge < -0.3 is 9.72 Å². The largest absolute Gasteiger partial charge is 0.374 e. The van der Waals surface area contributed by atoms with E-state index in [1.165, 1.54) is 0 Å². The highest BCUT2D eigenvalue weighted by atomic mass is 127. The Hall–Kier alpha value is -0.430. The van der Waals surface area contributed by atoms with Gasteiger partial charge in [-0.1, -0.05) is 0 Å². The second-order valence-corrected chi connectivity index (χ2v) is 5.32. The van der Waals surface area contributed by atoms with Crippen molar-refractivity contribution >= 4 is 22.6 Å². The van der Waals surface area contributed by atoms with Gasteiger partial charge in [-0.15, -0.1) is 0 Å². The van der Waals surface area contributed by atoms with Gasteiger partial charge in [0.15, 0.2) is 0 Å². The molecule has 3 rings (SSSR count). The van der Waals surface area contributed by atoms with Gasteiger partial charge in [0, 0.05) is 12.1 Å². The highest BCUT2D eigenvalue weighted by molar-refractivity contribution is 14.1. The number of rotatable bonds is 1. The Morgan fingerprint density at radius 1 is 1.53 bits per heavy atom. The summed E-state index contributed by atoms with van der Waals surface area (Å²) < 4.78 is 6.38. The van der Waals surface area contributed by atoms with Crippen molar-refractivity contribution in [1.29, 1.82) is 0 Å². The van der Waals surface area contributed by atoms with Gasteiger partial charge >= 0.3 is 0 Å². The Labute approximate surface area is 101 Å². The molecule has 0 amide bonds. The summed E-state index contributed by atoms with van der Waals surface area (Å²) in [4.78, 5) is 18.6. The smallest absolute Gasteiger partial charge is 0.264 e. The molecule has 5 heteroatoms. The second-order valence-electron chi connectivity index (χ2n) is 4.16. The molecule has 2 bridgehead atoms. The van der Waals surface area contributed by atoms with Gasteiger partial charge in [0.05, 0.1) is 15.8 Å². The number of H-pyrrole nitrogens is 1. The SMILES string of the molecule is O=c1[nH]c(C2CC3CCC2O3)ncc1I. The lowest BCUT2D eigenvalue weighted by atomic mass is 9.89. The van der Waals surface area contributed by atoms with E-state index in [0.717, 1.165) is 25.1 Å². The minimum absolute atomic E-state index is 0.0385. The van der Waals surface area contributed by atoms with E-state index in [1.807, 2.05) is 22.6 Å². The molecule has 2 saturated heterocycles. The normalized spacial score (nSPS) is 33.5. The first-order valence-electron chi connectivity index (χ1n) is 5.14. The molecule has 1 aromatic heterocycles. The lowest BCUT2D eigenvalue weighted by Crippen LogP contribution is -2.22. The molecule has 1 aromatic rings. The first-order chi connectivity index (χ1) is 7.24. The van der Waals surface area contributed by atoms with Crippen LogP contribution in [0, 0.1) is 3.57 Å². The fraction of sp³-hybridized carbons (Fsp3) is 0.600. The predicted molar refractivity (Wildman–Crippen MR) is 62.8 cm³/mol. The number of hydrogen-bond acceptors (Lipinski definition) is 3. The highest BCUT2D eigenvalue weighted by Crippen LogP contribution is 2.42. The molecule has 15 heavy (non-hydrogen) atoms. The number of aromatic nitrogens is 2. The zero-order valence-electron chi connectivity index (χ0n) is 8.07. The molecule has 0 aliphatic carbocycles. The van der Waals surface area contributed by atoms with E-state index in [9.17, 15) is 4.79 Å². The summed E-state index contributed by atoms with van der Waals surface area (Å²) in [5.41, 5.74) is -0.0385. The van der Waals surface area contributed by atoms with E-state index in [1.54, 1.807) is 6.20 Å². The van der Waals surface area contributed by atoms with Crippen LogP contribution in [0.1, 0.15) is 31.0 Å². The van der Waals surface area contributed by atoms with Crippen molar-refractivity contribution in [2.24, 2.45) is 0 Å². The van der Waals surface area contributed by atoms with Crippen LogP contribution in [0.25, 0.3) is 0 Å². The minimum atomic E-state index is -0.0385. The van der Waals surface area contributed by atoms with E-state index >= 15 is 0 Å². The van der Waals surface area contributed by atoms with Gasteiger partial charge in [-0.05, 0) is 41.9 Å². The number of ether oxygens (including phenoxy) is 1. The molecule has 0 aromatic carbocycles. The third kappa shape index (κ3) is 1.61. The maximum Gasteiger partial charge on any atom is 0.264 e. The Morgan fingerprint density at radius 3 is 3.00 bits per heavy atom. The van der Waals surface area contributed by atoms with Gasteiger partial charge in [-0.3, -0.25) is 4.79 Å². The maximum atomic E-state index is 11.5. The number of aromatic amines is 1. The molecule has 4 nitrogen and oxygen atoms in total. The summed E-state index contributed by atoms with van der Waals surface area (Å²) >= 11 is 1.99. The van der Waals surface area contributed by atoms with E-state index in [-0.39, 0.29) is 11.7 Å². The van der Waals surface area contributed by atoms with Gasteiger partial charge in [0.1, 0.15) is 5.82 Å². The van der Waals surface area contributed by atoms with Crippen molar-refractivity contribution in [3.8, 4) is 0 Å². The maximum absolute atomic E-state index is 11.5. The standard InChI is InChI=1S/C10H11IN2O2/c11-7-4-12-9(13-10(7)14)6-3-5-1-2-8(6)15-5/h4-6,8H,1-3H2,(H,12,13,14). The number of hydrogen-bond donors (Lipinski definition) is 1. The molecule has 0 saturated carbocycles. The average Bonchev–Trinajstić information content (AvgIpc) is 2.83. The average molecular weight is 318 g/mol. The number of halogens is 1. The van der Waals surface area contributed by atoms with E-state index in [2.05, 4.69) is 9.97 Å². The van der Waals surface area contributed by atoms with Gasteiger partial charge in [-0.2, -0.15) is 0 Å². The summed E-state index contributed by atoms with van der Waals surface area (Å²) in [6.07, 6.45) is 5.58. The molecule has 2 fully saturated rings. The van der Waals surface area contributed by atoms with Crippen LogP contribution in [-0.2, 0) is 4.74 Å². The minimum Gasteiger partial charge on any atom is -0.374 e. The zero-order chi connectivity index (χ0) is 10.4. The van der Waals surface area contributed by atoms with Gasteiger partial charge in [0.2, 0.25) is 0 Å². The summed E-state index contributed by atoms with van der Waals surface area (Å²) in [6.45, 7) is 0. The van der Waals surface area contributed by atoms with Gasteiger partial charge in [0.25, 0.3) is 5.56 Å². The third-order valence-electron chi connectivity index (χ3n) is 3.23. The lowest BCUT2D eigenvalue weighted by molar-refractivity contribution is 0.0998. The molecule has 2 aliphatic heterocycles. The topological polar surface area (TPSA) is 55.0 Å². The highest BCUT2D eigenvalue weighted by Gasteiger charge is 2.42. The molecule has 80 valence electrons. The van der Waals surface area contributed by atoms with Crippen LogP contribution in [0.5, 0.6) is 0 Å². The number of nitrogens with zero attached hydrogens (tertiary/aromatic N) is 1. The number of fused-ring (bicyclic) bond motifs is 2. The van der Waals surface area contributed by atoms with Crippen LogP contribution in [0.2, 0.25) is 0 Å². The van der Waals surface area contributed by atoms with Crippen LogP contribution in [-0.4, -0.2) is 22.2 Å². The summed E-state index contributed by atoms with van der Waals surface area (Å²) in [5, 5.41) is 0. The van der Waals surface area contributed by atoms with Crippen molar-refractivity contribution in [2.45, 2.75) is 37.4 Å². The summed E-state index contributed by atoms with van der Waals surface area (Å²) in [7, 11) is 0. The lowest BCUT2D eigenvalue weighted by Gasteiger charge is -2.17. The first kappa shape index (κ1) is 9.77. The molecule has 0 radical (unpaired) electrons. The Morgan fingerprint density at radius 2 is 2.40 bits per heavy atom. The fourth-order valence-corrected chi connectivity index (χ4v) is 2.78. The molecule has 1 N–H and O–H groups in total. The van der Waals surface area contributed by atoms with Crippen LogP contribution >= 0.6 is 22.6 Å². The van der Waals surface area contributed by atoms with Gasteiger partial charge in [-0.25, -0.2) is 4.98 Å². The second kappa shape index (κ2) is 3.55. The molecular formula is C10H11IN2O2. The van der Waals surface area contributed by atoms with Crippen molar-refractivity contribution in [1.82, 2.24) is 9.97 Å². The van der Waals surface area contributed by atoms with Crippen LogP contribution in [0.4, 0.5) is 0 Å². The predicted octanol–water partition coefficient (Wildman–Crippen LogP) is 1.41. The number of nitrogens with one attached hydrogen (secondary N) is 1. The Kier molecular flexibility index (Phi) is 2.31. The van der Waals surface area contributed by atoms with Crippen molar-refractivity contribution in [2.75, 3.05) is 0 Å². The Balaban J connectivity index is 1.93.